The lowest BCUT2D eigenvalue weighted by molar-refractivity contribution is 0.0600. The largest absolute Gasteiger partial charge is 0.465 e. The molecular formula is C14H19NO2. The van der Waals surface area contributed by atoms with Crippen molar-refractivity contribution in [2.75, 3.05) is 7.11 Å². The Morgan fingerprint density at radius 2 is 2.00 bits per heavy atom. The maximum Gasteiger partial charge on any atom is 0.337 e. The summed E-state index contributed by atoms with van der Waals surface area (Å²) in [5.74, 6) is -0.300. The van der Waals surface area contributed by atoms with Crippen LogP contribution in [-0.4, -0.2) is 13.1 Å². The first-order valence-corrected chi connectivity index (χ1v) is 6.13. The lowest BCUT2D eigenvalue weighted by Gasteiger charge is -2.34. The van der Waals surface area contributed by atoms with Gasteiger partial charge in [-0.1, -0.05) is 31.4 Å². The zero-order chi connectivity index (χ0) is 12.3. The van der Waals surface area contributed by atoms with Crippen molar-refractivity contribution in [2.45, 2.75) is 37.6 Å². The highest BCUT2D eigenvalue weighted by Gasteiger charge is 2.29. The van der Waals surface area contributed by atoms with Gasteiger partial charge in [-0.05, 0) is 30.5 Å². The molecule has 0 heterocycles. The first kappa shape index (κ1) is 12.1. The van der Waals surface area contributed by atoms with Gasteiger partial charge in [0.25, 0.3) is 0 Å². The van der Waals surface area contributed by atoms with E-state index in [0.29, 0.717) is 5.56 Å². The molecule has 0 aliphatic heterocycles. The molecule has 0 spiro atoms. The maximum atomic E-state index is 11.5. The molecule has 0 radical (unpaired) electrons. The van der Waals surface area contributed by atoms with E-state index in [2.05, 4.69) is 0 Å². The number of ether oxygens (including phenoxy) is 1. The quantitative estimate of drug-likeness (QED) is 0.799. The first-order chi connectivity index (χ1) is 8.15. The average Bonchev–Trinajstić information content (AvgIpc) is 2.39. The van der Waals surface area contributed by atoms with Crippen molar-refractivity contribution in [3.8, 4) is 0 Å². The van der Waals surface area contributed by atoms with Gasteiger partial charge in [-0.15, -0.1) is 0 Å². The Balaban J connectivity index is 2.29. The molecule has 17 heavy (non-hydrogen) atoms. The molecule has 1 fully saturated rings. The Morgan fingerprint density at radius 1 is 1.29 bits per heavy atom. The molecule has 0 unspecified atom stereocenters. The van der Waals surface area contributed by atoms with Gasteiger partial charge in [0.05, 0.1) is 12.7 Å². The van der Waals surface area contributed by atoms with Crippen molar-refractivity contribution in [3.63, 3.8) is 0 Å². The Bertz CT molecular complexity index is 408. The summed E-state index contributed by atoms with van der Waals surface area (Å²) in [5, 5.41) is 0. The molecule has 1 aromatic rings. The minimum atomic E-state index is -0.300. The summed E-state index contributed by atoms with van der Waals surface area (Å²) in [6, 6.07) is 7.53. The van der Waals surface area contributed by atoms with Crippen molar-refractivity contribution < 1.29 is 9.53 Å². The number of hydrogen-bond acceptors (Lipinski definition) is 3. The van der Waals surface area contributed by atoms with Crippen LogP contribution >= 0.6 is 0 Å². The van der Waals surface area contributed by atoms with Crippen LogP contribution in [0.15, 0.2) is 24.3 Å². The average molecular weight is 233 g/mol. The second-order valence-electron chi connectivity index (χ2n) is 4.79. The van der Waals surface area contributed by atoms with Crippen molar-refractivity contribution in [3.05, 3.63) is 35.4 Å². The molecule has 1 aromatic carbocycles. The third-order valence-electron chi connectivity index (χ3n) is 3.60. The summed E-state index contributed by atoms with van der Waals surface area (Å²) in [6.07, 6.45) is 5.59. The minimum Gasteiger partial charge on any atom is -0.465 e. The van der Waals surface area contributed by atoms with Crippen LogP contribution in [0.25, 0.3) is 0 Å². The van der Waals surface area contributed by atoms with E-state index in [4.69, 9.17) is 10.5 Å². The molecule has 0 saturated heterocycles. The number of methoxy groups -OCH3 is 1. The summed E-state index contributed by atoms with van der Waals surface area (Å²) < 4.78 is 4.73. The van der Waals surface area contributed by atoms with E-state index < -0.39 is 0 Å². The summed E-state index contributed by atoms with van der Waals surface area (Å²) in [4.78, 5) is 11.5. The number of esters is 1. The molecule has 1 aliphatic carbocycles. The number of nitrogens with two attached hydrogens (primary N) is 1. The van der Waals surface area contributed by atoms with Crippen molar-refractivity contribution in [1.82, 2.24) is 0 Å². The highest BCUT2D eigenvalue weighted by Crippen LogP contribution is 2.34. The number of carbonyl (C=O) groups is 1. The van der Waals surface area contributed by atoms with Crippen molar-refractivity contribution in [2.24, 2.45) is 5.73 Å². The third-order valence-corrected chi connectivity index (χ3v) is 3.60. The molecule has 3 heteroatoms. The first-order valence-electron chi connectivity index (χ1n) is 6.13. The van der Waals surface area contributed by atoms with E-state index in [1.165, 1.54) is 26.4 Å². The van der Waals surface area contributed by atoms with Crippen LogP contribution in [0.5, 0.6) is 0 Å². The van der Waals surface area contributed by atoms with Gasteiger partial charge in [0, 0.05) is 5.54 Å². The van der Waals surface area contributed by atoms with E-state index in [9.17, 15) is 4.79 Å². The van der Waals surface area contributed by atoms with Gasteiger partial charge in [-0.2, -0.15) is 0 Å². The minimum absolute atomic E-state index is 0.262. The molecule has 92 valence electrons. The van der Waals surface area contributed by atoms with Gasteiger partial charge in [0.1, 0.15) is 0 Å². The lowest BCUT2D eigenvalue weighted by Crippen LogP contribution is -2.38. The molecule has 1 saturated carbocycles. The number of hydrogen-bond donors (Lipinski definition) is 1. The van der Waals surface area contributed by atoms with Gasteiger partial charge in [-0.25, -0.2) is 4.79 Å². The van der Waals surface area contributed by atoms with Crippen LogP contribution in [0.3, 0.4) is 0 Å². The fourth-order valence-electron chi connectivity index (χ4n) is 2.55. The summed E-state index contributed by atoms with van der Waals surface area (Å²) >= 11 is 0. The highest BCUT2D eigenvalue weighted by atomic mass is 16.5. The Kier molecular flexibility index (Phi) is 3.48. The van der Waals surface area contributed by atoms with Gasteiger partial charge in [0.2, 0.25) is 0 Å². The van der Waals surface area contributed by atoms with Gasteiger partial charge in [-0.3, -0.25) is 0 Å². The lowest BCUT2D eigenvalue weighted by atomic mass is 9.77. The summed E-state index contributed by atoms with van der Waals surface area (Å²) in [5.41, 5.74) is 7.82. The predicted molar refractivity (Wildman–Crippen MR) is 66.7 cm³/mol. The number of rotatable bonds is 2. The van der Waals surface area contributed by atoms with Crippen molar-refractivity contribution >= 4 is 5.97 Å². The zero-order valence-corrected chi connectivity index (χ0v) is 10.2. The zero-order valence-electron chi connectivity index (χ0n) is 10.2. The molecule has 0 atom stereocenters. The molecular weight excluding hydrogens is 214 g/mol. The third kappa shape index (κ3) is 2.50. The van der Waals surface area contributed by atoms with Crippen LogP contribution in [0, 0.1) is 0 Å². The van der Waals surface area contributed by atoms with Crippen LogP contribution in [0.2, 0.25) is 0 Å². The number of benzene rings is 1. The van der Waals surface area contributed by atoms with E-state index in [-0.39, 0.29) is 11.5 Å². The Morgan fingerprint density at radius 3 is 2.65 bits per heavy atom. The van der Waals surface area contributed by atoms with E-state index in [0.717, 1.165) is 18.4 Å². The smallest absolute Gasteiger partial charge is 0.337 e. The van der Waals surface area contributed by atoms with Crippen LogP contribution < -0.4 is 5.73 Å². The Hall–Kier alpha value is -1.35. The second kappa shape index (κ2) is 4.88. The van der Waals surface area contributed by atoms with E-state index >= 15 is 0 Å². The molecule has 2 N–H and O–H groups in total. The molecule has 2 rings (SSSR count). The van der Waals surface area contributed by atoms with E-state index in [1.807, 2.05) is 18.2 Å². The molecule has 3 nitrogen and oxygen atoms in total. The molecule has 0 bridgehead atoms. The fourth-order valence-corrected chi connectivity index (χ4v) is 2.55. The monoisotopic (exact) mass is 233 g/mol. The van der Waals surface area contributed by atoms with E-state index in [1.54, 1.807) is 6.07 Å². The highest BCUT2D eigenvalue weighted by molar-refractivity contribution is 5.89. The van der Waals surface area contributed by atoms with Crippen LogP contribution in [0.1, 0.15) is 48.0 Å². The number of carbonyl (C=O) groups excluding carboxylic acids is 1. The fraction of sp³-hybridized carbons (Fsp3) is 0.500. The standard InChI is InChI=1S/C14H19NO2/c1-17-13(16)11-6-5-7-12(10-11)14(15)8-3-2-4-9-14/h5-7,10H,2-4,8-9,15H2,1H3. The van der Waals surface area contributed by atoms with Crippen LogP contribution in [0.4, 0.5) is 0 Å². The molecule has 0 aromatic heterocycles. The van der Waals surface area contributed by atoms with Gasteiger partial charge < -0.3 is 10.5 Å². The predicted octanol–water partition coefficient (Wildman–Crippen LogP) is 2.59. The SMILES string of the molecule is COC(=O)c1cccc(C2(N)CCCCC2)c1. The Labute approximate surface area is 102 Å². The summed E-state index contributed by atoms with van der Waals surface area (Å²) in [7, 11) is 1.40. The van der Waals surface area contributed by atoms with Crippen molar-refractivity contribution in [1.29, 1.82) is 0 Å². The molecule has 1 aliphatic rings. The maximum absolute atomic E-state index is 11.5. The molecule has 0 amide bonds. The van der Waals surface area contributed by atoms with Gasteiger partial charge >= 0.3 is 5.97 Å². The van der Waals surface area contributed by atoms with Gasteiger partial charge in [0.15, 0.2) is 0 Å². The summed E-state index contributed by atoms with van der Waals surface area (Å²) in [6.45, 7) is 0. The topological polar surface area (TPSA) is 52.3 Å². The normalized spacial score (nSPS) is 18.7. The van der Waals surface area contributed by atoms with Crippen LogP contribution in [-0.2, 0) is 10.3 Å². The second-order valence-corrected chi connectivity index (χ2v) is 4.79.